The third-order valence-corrected chi connectivity index (χ3v) is 6.37. The first kappa shape index (κ1) is 20.6. The molecule has 1 aromatic heterocycles. The molecule has 0 aliphatic heterocycles. The van der Waals surface area contributed by atoms with Crippen molar-refractivity contribution < 1.29 is 9.53 Å². The molecule has 3 aromatic rings. The van der Waals surface area contributed by atoms with Crippen LogP contribution >= 0.6 is 34.7 Å². The standard InChI is InChI=1S/C20H20ClN3O2S2/c1-12-4-9-17(10-13(12)2)26-14(3)18(25)22-19-23-24-20(28-19)27-11-15-5-7-16(21)8-6-15/h4-10,14H,11H2,1-3H3,(H,22,23,25)/t14-/m0/s1. The van der Waals surface area contributed by atoms with E-state index in [1.165, 1.54) is 16.9 Å². The number of ether oxygens (including phenoxy) is 1. The molecular formula is C20H20ClN3O2S2. The van der Waals surface area contributed by atoms with Gasteiger partial charge in [-0.15, -0.1) is 10.2 Å². The summed E-state index contributed by atoms with van der Waals surface area (Å²) in [6, 6.07) is 13.4. The van der Waals surface area contributed by atoms with Crippen LogP contribution in [0.3, 0.4) is 0 Å². The number of hydrogen-bond acceptors (Lipinski definition) is 6. The monoisotopic (exact) mass is 433 g/mol. The van der Waals surface area contributed by atoms with Crippen molar-refractivity contribution in [2.45, 2.75) is 37.0 Å². The lowest BCUT2D eigenvalue weighted by Crippen LogP contribution is -2.30. The fourth-order valence-corrected chi connectivity index (χ4v) is 4.13. The summed E-state index contributed by atoms with van der Waals surface area (Å²) in [4.78, 5) is 12.4. The molecule has 0 aliphatic carbocycles. The molecule has 0 aliphatic rings. The van der Waals surface area contributed by atoms with Gasteiger partial charge in [0.05, 0.1) is 0 Å². The highest BCUT2D eigenvalue weighted by Gasteiger charge is 2.17. The summed E-state index contributed by atoms with van der Waals surface area (Å²) in [6.07, 6.45) is -0.642. The number of hydrogen-bond donors (Lipinski definition) is 1. The van der Waals surface area contributed by atoms with Crippen molar-refractivity contribution in [3.8, 4) is 5.75 Å². The predicted molar refractivity (Wildman–Crippen MR) is 116 cm³/mol. The number of carbonyl (C=O) groups excluding carboxylic acids is 1. The molecule has 0 bridgehead atoms. The number of carbonyl (C=O) groups is 1. The molecule has 2 aromatic carbocycles. The lowest BCUT2D eigenvalue weighted by molar-refractivity contribution is -0.122. The Morgan fingerprint density at radius 3 is 2.64 bits per heavy atom. The third kappa shape index (κ3) is 5.70. The lowest BCUT2D eigenvalue weighted by atomic mass is 10.1. The SMILES string of the molecule is Cc1ccc(O[C@@H](C)C(=O)Nc2nnc(SCc3ccc(Cl)cc3)s2)cc1C. The Hall–Kier alpha value is -2.09. The molecule has 8 heteroatoms. The Kier molecular flexibility index (Phi) is 6.93. The number of thioether (sulfide) groups is 1. The first-order chi connectivity index (χ1) is 13.4. The lowest BCUT2D eigenvalue weighted by Gasteiger charge is -2.14. The van der Waals surface area contributed by atoms with Crippen LogP contribution in [0.4, 0.5) is 5.13 Å². The normalized spacial score (nSPS) is 11.9. The zero-order chi connectivity index (χ0) is 20.1. The fourth-order valence-electron chi connectivity index (χ4n) is 2.30. The highest BCUT2D eigenvalue weighted by Crippen LogP contribution is 2.29. The van der Waals surface area contributed by atoms with Crippen LogP contribution in [0.1, 0.15) is 23.6 Å². The van der Waals surface area contributed by atoms with Crippen molar-refractivity contribution in [3.63, 3.8) is 0 Å². The number of rotatable bonds is 7. The van der Waals surface area contributed by atoms with Crippen LogP contribution in [0.25, 0.3) is 0 Å². The van der Waals surface area contributed by atoms with Crippen LogP contribution in [0, 0.1) is 13.8 Å². The number of amides is 1. The molecule has 146 valence electrons. The molecular weight excluding hydrogens is 414 g/mol. The van der Waals surface area contributed by atoms with Gasteiger partial charge in [-0.1, -0.05) is 52.9 Å². The first-order valence-electron chi connectivity index (χ1n) is 8.66. The smallest absolute Gasteiger partial charge is 0.266 e. The Morgan fingerprint density at radius 1 is 1.18 bits per heavy atom. The summed E-state index contributed by atoms with van der Waals surface area (Å²) in [6.45, 7) is 5.76. The van der Waals surface area contributed by atoms with Crippen molar-refractivity contribution in [2.75, 3.05) is 5.32 Å². The van der Waals surface area contributed by atoms with Crippen LogP contribution < -0.4 is 10.1 Å². The summed E-state index contributed by atoms with van der Waals surface area (Å²) in [5.41, 5.74) is 3.45. The molecule has 28 heavy (non-hydrogen) atoms. The maximum absolute atomic E-state index is 12.4. The van der Waals surface area contributed by atoms with E-state index < -0.39 is 6.10 Å². The summed E-state index contributed by atoms with van der Waals surface area (Å²) >= 11 is 8.79. The molecule has 0 fully saturated rings. The summed E-state index contributed by atoms with van der Waals surface area (Å²) in [5, 5.41) is 12.1. The van der Waals surface area contributed by atoms with Crippen molar-refractivity contribution in [3.05, 3.63) is 64.2 Å². The molecule has 1 atom stereocenters. The van der Waals surface area contributed by atoms with E-state index in [0.29, 0.717) is 15.9 Å². The van der Waals surface area contributed by atoms with Gasteiger partial charge in [0, 0.05) is 10.8 Å². The number of aryl methyl sites for hydroxylation is 2. The van der Waals surface area contributed by atoms with E-state index in [0.717, 1.165) is 21.2 Å². The number of benzene rings is 2. The minimum Gasteiger partial charge on any atom is -0.481 e. The van der Waals surface area contributed by atoms with Crippen LogP contribution in [-0.4, -0.2) is 22.2 Å². The number of anilines is 1. The van der Waals surface area contributed by atoms with Gasteiger partial charge in [0.25, 0.3) is 5.91 Å². The van der Waals surface area contributed by atoms with Crippen LogP contribution in [0.5, 0.6) is 5.75 Å². The zero-order valence-electron chi connectivity index (χ0n) is 15.7. The van der Waals surface area contributed by atoms with Crippen LogP contribution in [0.2, 0.25) is 5.02 Å². The summed E-state index contributed by atoms with van der Waals surface area (Å²) in [7, 11) is 0. The summed E-state index contributed by atoms with van der Waals surface area (Å²) < 4.78 is 6.52. The predicted octanol–water partition coefficient (Wildman–Crippen LogP) is 5.51. The Labute approximate surface area is 177 Å². The van der Waals surface area contributed by atoms with Gasteiger partial charge in [-0.05, 0) is 61.7 Å². The Bertz CT molecular complexity index is 960. The maximum atomic E-state index is 12.4. The number of aromatic nitrogens is 2. The molecule has 1 amide bonds. The van der Waals surface area contributed by atoms with E-state index in [1.54, 1.807) is 18.7 Å². The molecule has 0 saturated carbocycles. The van der Waals surface area contributed by atoms with E-state index in [1.807, 2.05) is 56.3 Å². The molecule has 5 nitrogen and oxygen atoms in total. The van der Waals surface area contributed by atoms with Crippen molar-refractivity contribution in [1.29, 1.82) is 0 Å². The van der Waals surface area contributed by atoms with Crippen LogP contribution in [-0.2, 0) is 10.5 Å². The van der Waals surface area contributed by atoms with Crippen molar-refractivity contribution >= 4 is 45.7 Å². The number of halogens is 1. The molecule has 0 radical (unpaired) electrons. The fraction of sp³-hybridized carbons (Fsp3) is 0.250. The van der Waals surface area contributed by atoms with Gasteiger partial charge in [-0.3, -0.25) is 10.1 Å². The van der Waals surface area contributed by atoms with Gasteiger partial charge < -0.3 is 4.74 Å². The van der Waals surface area contributed by atoms with Crippen molar-refractivity contribution in [1.82, 2.24) is 10.2 Å². The van der Waals surface area contributed by atoms with Gasteiger partial charge >= 0.3 is 0 Å². The van der Waals surface area contributed by atoms with Gasteiger partial charge in [-0.2, -0.15) is 0 Å². The van der Waals surface area contributed by atoms with E-state index >= 15 is 0 Å². The molecule has 0 spiro atoms. The second-order valence-corrected chi connectivity index (χ2v) is 8.92. The quantitative estimate of drug-likeness (QED) is 0.393. The maximum Gasteiger partial charge on any atom is 0.266 e. The molecule has 0 unspecified atom stereocenters. The zero-order valence-corrected chi connectivity index (χ0v) is 18.1. The molecule has 1 N–H and O–H groups in total. The Morgan fingerprint density at radius 2 is 1.93 bits per heavy atom. The van der Waals surface area contributed by atoms with E-state index in [-0.39, 0.29) is 5.91 Å². The summed E-state index contributed by atoms with van der Waals surface area (Å²) in [5.74, 6) is 1.16. The van der Waals surface area contributed by atoms with E-state index in [9.17, 15) is 4.79 Å². The second kappa shape index (κ2) is 9.41. The number of nitrogens with one attached hydrogen (secondary N) is 1. The molecule has 1 heterocycles. The largest absolute Gasteiger partial charge is 0.481 e. The first-order valence-corrected chi connectivity index (χ1v) is 10.8. The van der Waals surface area contributed by atoms with Crippen LogP contribution in [0.15, 0.2) is 46.8 Å². The average molecular weight is 434 g/mol. The second-order valence-electron chi connectivity index (χ2n) is 6.28. The van der Waals surface area contributed by atoms with E-state index in [4.69, 9.17) is 16.3 Å². The number of nitrogens with zero attached hydrogens (tertiary/aromatic N) is 2. The highest BCUT2D eigenvalue weighted by atomic mass is 35.5. The third-order valence-electron chi connectivity index (χ3n) is 4.07. The molecule has 0 saturated heterocycles. The molecule has 3 rings (SSSR count). The van der Waals surface area contributed by atoms with Gasteiger partial charge in [0.15, 0.2) is 10.4 Å². The van der Waals surface area contributed by atoms with Gasteiger partial charge in [0.2, 0.25) is 5.13 Å². The van der Waals surface area contributed by atoms with Crippen molar-refractivity contribution in [2.24, 2.45) is 0 Å². The van der Waals surface area contributed by atoms with Gasteiger partial charge in [-0.25, -0.2) is 0 Å². The minimum absolute atomic E-state index is 0.261. The topological polar surface area (TPSA) is 64.1 Å². The average Bonchev–Trinajstić information content (AvgIpc) is 3.11. The Balaban J connectivity index is 1.52. The van der Waals surface area contributed by atoms with E-state index in [2.05, 4.69) is 15.5 Å². The van der Waals surface area contributed by atoms with Gasteiger partial charge in [0.1, 0.15) is 5.75 Å². The minimum atomic E-state index is -0.642. The highest BCUT2D eigenvalue weighted by molar-refractivity contribution is 8.00.